The van der Waals surface area contributed by atoms with Crippen LogP contribution in [-0.2, 0) is 4.79 Å². The highest BCUT2D eigenvalue weighted by Gasteiger charge is 2.10. The van der Waals surface area contributed by atoms with Gasteiger partial charge in [-0.1, -0.05) is 6.07 Å². The van der Waals surface area contributed by atoms with Gasteiger partial charge in [-0.3, -0.25) is 9.59 Å². The van der Waals surface area contributed by atoms with E-state index >= 15 is 0 Å². The Kier molecular flexibility index (Phi) is 5.65. The van der Waals surface area contributed by atoms with E-state index < -0.39 is 0 Å². The molecular weight excluding hydrogens is 396 g/mol. The van der Waals surface area contributed by atoms with Gasteiger partial charge in [-0.05, 0) is 71.5 Å². The molecule has 0 unspecified atom stereocenters. The maximum Gasteiger partial charge on any atom is 0.224 e. The van der Waals surface area contributed by atoms with Gasteiger partial charge in [-0.15, -0.1) is 0 Å². The molecule has 114 valence electrons. The fraction of sp³-hybridized carbons (Fsp3) is 0.176. The molecule has 0 atom stereocenters. The summed E-state index contributed by atoms with van der Waals surface area (Å²) in [5, 5.41) is 2.77. The first-order valence-electron chi connectivity index (χ1n) is 6.80. The van der Waals surface area contributed by atoms with Crippen LogP contribution in [0.2, 0.25) is 0 Å². The number of halogens is 2. The zero-order chi connectivity index (χ0) is 16.1. The smallest absolute Gasteiger partial charge is 0.224 e. The molecule has 0 spiro atoms. The molecule has 0 aliphatic heterocycles. The molecule has 22 heavy (non-hydrogen) atoms. The lowest BCUT2D eigenvalue weighted by Gasteiger charge is -2.07. The zero-order valence-corrected chi connectivity index (χ0v) is 14.2. The van der Waals surface area contributed by atoms with Crippen molar-refractivity contribution in [1.29, 1.82) is 0 Å². The summed E-state index contributed by atoms with van der Waals surface area (Å²) in [7, 11) is 0. The lowest BCUT2D eigenvalue weighted by molar-refractivity contribution is -0.116. The molecule has 0 bridgehead atoms. The van der Waals surface area contributed by atoms with E-state index in [1.807, 2.05) is 25.1 Å². The van der Waals surface area contributed by atoms with Crippen LogP contribution in [0.4, 0.5) is 10.1 Å². The van der Waals surface area contributed by atoms with E-state index in [0.717, 1.165) is 9.13 Å². The number of benzene rings is 2. The number of aryl methyl sites for hydroxylation is 1. The number of carbonyl (C=O) groups excluding carboxylic acids is 2. The van der Waals surface area contributed by atoms with Crippen LogP contribution in [0.3, 0.4) is 0 Å². The number of hydrogen-bond acceptors (Lipinski definition) is 2. The van der Waals surface area contributed by atoms with Gasteiger partial charge in [0.25, 0.3) is 0 Å². The average molecular weight is 411 g/mol. The summed E-state index contributed by atoms with van der Waals surface area (Å²) in [5.41, 5.74) is 2.28. The standard InChI is InChI=1S/C17H15FINO2/c1-11-2-7-14(10-15(11)19)20-17(22)9-8-16(21)12-3-5-13(18)6-4-12/h2-7,10H,8-9H2,1H3,(H,20,22). The summed E-state index contributed by atoms with van der Waals surface area (Å²) in [6.07, 6.45) is 0.196. The Bertz CT molecular complexity index is 698. The largest absolute Gasteiger partial charge is 0.326 e. The molecule has 0 fully saturated rings. The van der Waals surface area contributed by atoms with Gasteiger partial charge in [-0.2, -0.15) is 0 Å². The maximum absolute atomic E-state index is 12.8. The Morgan fingerprint density at radius 3 is 2.41 bits per heavy atom. The molecule has 0 aromatic heterocycles. The second-order valence-electron chi connectivity index (χ2n) is 4.94. The average Bonchev–Trinajstić information content (AvgIpc) is 2.49. The van der Waals surface area contributed by atoms with Crippen LogP contribution in [0.15, 0.2) is 42.5 Å². The van der Waals surface area contributed by atoms with Crippen molar-refractivity contribution in [3.8, 4) is 0 Å². The normalized spacial score (nSPS) is 10.3. The lowest BCUT2D eigenvalue weighted by atomic mass is 10.1. The predicted octanol–water partition coefficient (Wildman–Crippen LogP) is 4.34. The number of rotatable bonds is 5. The summed E-state index contributed by atoms with van der Waals surface area (Å²) in [5.74, 6) is -0.771. The van der Waals surface area contributed by atoms with Gasteiger partial charge in [0.2, 0.25) is 5.91 Å². The number of ketones is 1. The highest BCUT2D eigenvalue weighted by Crippen LogP contribution is 2.17. The van der Waals surface area contributed by atoms with Crippen LogP contribution in [0, 0.1) is 16.3 Å². The number of anilines is 1. The number of amides is 1. The molecule has 2 rings (SSSR count). The molecule has 0 aliphatic carbocycles. The molecular formula is C17H15FINO2. The van der Waals surface area contributed by atoms with Gasteiger partial charge >= 0.3 is 0 Å². The van der Waals surface area contributed by atoms with E-state index in [9.17, 15) is 14.0 Å². The second kappa shape index (κ2) is 7.49. The van der Waals surface area contributed by atoms with E-state index in [0.29, 0.717) is 11.3 Å². The Morgan fingerprint density at radius 1 is 1.09 bits per heavy atom. The number of nitrogens with one attached hydrogen (secondary N) is 1. The Hall–Kier alpha value is -1.76. The quantitative estimate of drug-likeness (QED) is 0.588. The summed E-state index contributed by atoms with van der Waals surface area (Å²) in [6.45, 7) is 1.99. The van der Waals surface area contributed by atoms with E-state index in [2.05, 4.69) is 27.9 Å². The molecule has 2 aromatic carbocycles. The maximum atomic E-state index is 12.8. The first-order chi connectivity index (χ1) is 10.5. The van der Waals surface area contributed by atoms with Crippen LogP contribution in [0.5, 0.6) is 0 Å². The van der Waals surface area contributed by atoms with Gasteiger partial charge in [0.15, 0.2) is 5.78 Å². The molecule has 1 N–H and O–H groups in total. The lowest BCUT2D eigenvalue weighted by Crippen LogP contribution is -2.13. The molecule has 0 saturated carbocycles. The van der Waals surface area contributed by atoms with Gasteiger partial charge in [0.05, 0.1) is 0 Å². The topological polar surface area (TPSA) is 46.2 Å². The highest BCUT2D eigenvalue weighted by atomic mass is 127. The fourth-order valence-corrected chi connectivity index (χ4v) is 2.42. The predicted molar refractivity (Wildman–Crippen MR) is 92.5 cm³/mol. The molecule has 0 aliphatic rings. The van der Waals surface area contributed by atoms with E-state index in [-0.39, 0.29) is 30.3 Å². The summed E-state index contributed by atoms with van der Waals surface area (Å²) in [4.78, 5) is 23.8. The minimum atomic E-state index is -0.386. The summed E-state index contributed by atoms with van der Waals surface area (Å²) < 4.78 is 13.9. The van der Waals surface area contributed by atoms with Crippen molar-refractivity contribution in [3.05, 3.63) is 63.0 Å². The number of hydrogen-bond donors (Lipinski definition) is 1. The molecule has 0 radical (unpaired) electrons. The van der Waals surface area contributed by atoms with Crippen LogP contribution < -0.4 is 5.32 Å². The third-order valence-corrected chi connectivity index (χ3v) is 4.36. The van der Waals surface area contributed by atoms with Gasteiger partial charge < -0.3 is 5.32 Å². The summed E-state index contributed by atoms with van der Waals surface area (Å²) in [6, 6.07) is 11.0. The Morgan fingerprint density at radius 2 is 1.77 bits per heavy atom. The Balaban J connectivity index is 1.88. The first-order valence-corrected chi connectivity index (χ1v) is 7.88. The molecule has 1 amide bonds. The van der Waals surface area contributed by atoms with Gasteiger partial charge in [0, 0.05) is 27.7 Å². The van der Waals surface area contributed by atoms with Crippen molar-refractivity contribution in [2.75, 3.05) is 5.32 Å². The van der Waals surface area contributed by atoms with Gasteiger partial charge in [0.1, 0.15) is 5.82 Å². The minimum Gasteiger partial charge on any atom is -0.326 e. The molecule has 2 aromatic rings. The second-order valence-corrected chi connectivity index (χ2v) is 6.10. The third kappa shape index (κ3) is 4.62. The third-order valence-electron chi connectivity index (χ3n) is 3.20. The van der Waals surface area contributed by atoms with E-state index in [1.54, 1.807) is 0 Å². The van der Waals surface area contributed by atoms with Crippen LogP contribution in [0.1, 0.15) is 28.8 Å². The van der Waals surface area contributed by atoms with Crippen molar-refractivity contribution >= 4 is 40.0 Å². The number of carbonyl (C=O) groups is 2. The molecule has 5 heteroatoms. The first kappa shape index (κ1) is 16.6. The minimum absolute atomic E-state index is 0.0976. The number of Topliss-reactive ketones (excluding diaryl/α,β-unsaturated/α-hetero) is 1. The monoisotopic (exact) mass is 411 g/mol. The van der Waals surface area contributed by atoms with Crippen molar-refractivity contribution in [3.63, 3.8) is 0 Å². The van der Waals surface area contributed by atoms with E-state index in [1.165, 1.54) is 24.3 Å². The van der Waals surface area contributed by atoms with Crippen molar-refractivity contribution in [2.45, 2.75) is 19.8 Å². The van der Waals surface area contributed by atoms with Crippen LogP contribution >= 0.6 is 22.6 Å². The highest BCUT2D eigenvalue weighted by molar-refractivity contribution is 14.1. The fourth-order valence-electron chi connectivity index (χ4n) is 1.90. The van der Waals surface area contributed by atoms with E-state index in [4.69, 9.17) is 0 Å². The molecule has 0 saturated heterocycles. The van der Waals surface area contributed by atoms with Crippen LogP contribution in [-0.4, -0.2) is 11.7 Å². The zero-order valence-electron chi connectivity index (χ0n) is 12.0. The molecule has 0 heterocycles. The van der Waals surface area contributed by atoms with Gasteiger partial charge in [-0.25, -0.2) is 4.39 Å². The van der Waals surface area contributed by atoms with Crippen LogP contribution in [0.25, 0.3) is 0 Å². The van der Waals surface area contributed by atoms with Crippen molar-refractivity contribution < 1.29 is 14.0 Å². The summed E-state index contributed by atoms with van der Waals surface area (Å²) >= 11 is 2.20. The molecule has 3 nitrogen and oxygen atoms in total. The SMILES string of the molecule is Cc1ccc(NC(=O)CCC(=O)c2ccc(F)cc2)cc1I. The van der Waals surface area contributed by atoms with Crippen molar-refractivity contribution in [2.24, 2.45) is 0 Å². The van der Waals surface area contributed by atoms with Crippen molar-refractivity contribution in [1.82, 2.24) is 0 Å². The Labute approximate surface area is 142 Å².